The highest BCUT2D eigenvalue weighted by atomic mass is 32.1. The number of likely N-dealkylation sites (tertiary alicyclic amines) is 1. The summed E-state index contributed by atoms with van der Waals surface area (Å²) in [6.07, 6.45) is 3.40. The molecular weight excluding hydrogens is 324 g/mol. The topological polar surface area (TPSA) is 72.1 Å². The molecule has 0 aliphatic carbocycles. The average Bonchev–Trinajstić information content (AvgIpc) is 3.34. The number of carbonyl (C=O) groups is 1. The van der Waals surface area contributed by atoms with Crippen LogP contribution >= 0.6 is 11.3 Å². The van der Waals surface area contributed by atoms with Gasteiger partial charge < -0.3 is 9.42 Å². The van der Waals surface area contributed by atoms with E-state index in [0.717, 1.165) is 23.4 Å². The molecule has 2 aromatic heterocycles. The quantitative estimate of drug-likeness (QED) is 0.730. The Labute approximate surface area is 143 Å². The van der Waals surface area contributed by atoms with Crippen LogP contribution in [0.2, 0.25) is 0 Å². The zero-order chi connectivity index (χ0) is 16.5. The van der Waals surface area contributed by atoms with Crippen LogP contribution in [0, 0.1) is 6.92 Å². The van der Waals surface area contributed by atoms with Gasteiger partial charge in [0.15, 0.2) is 0 Å². The van der Waals surface area contributed by atoms with E-state index < -0.39 is 0 Å². The van der Waals surface area contributed by atoms with Gasteiger partial charge in [-0.15, -0.1) is 11.3 Å². The van der Waals surface area contributed by atoms with Gasteiger partial charge >= 0.3 is 0 Å². The minimum Gasteiger partial charge on any atom is -0.337 e. The van der Waals surface area contributed by atoms with E-state index in [2.05, 4.69) is 15.1 Å². The summed E-state index contributed by atoms with van der Waals surface area (Å²) in [7, 11) is 0. The molecule has 4 rings (SSSR count). The number of carbonyl (C=O) groups excluding carboxylic acids is 1. The number of hydrogen-bond donors (Lipinski definition) is 0. The summed E-state index contributed by atoms with van der Waals surface area (Å²) in [6, 6.07) is 9.52. The first-order valence-corrected chi connectivity index (χ1v) is 8.66. The van der Waals surface area contributed by atoms with Gasteiger partial charge in [-0.1, -0.05) is 35.5 Å². The number of aryl methyl sites for hydroxylation is 1. The summed E-state index contributed by atoms with van der Waals surface area (Å²) < 4.78 is 5.46. The fraction of sp³-hybridized carbons (Fsp3) is 0.294. The summed E-state index contributed by atoms with van der Waals surface area (Å²) in [5.74, 6) is 1.04. The minimum absolute atomic E-state index is 0.0115. The van der Waals surface area contributed by atoms with Crippen molar-refractivity contribution in [2.75, 3.05) is 6.54 Å². The maximum atomic E-state index is 12.7. The first kappa shape index (κ1) is 15.0. The van der Waals surface area contributed by atoms with Gasteiger partial charge in [0.05, 0.1) is 11.2 Å². The number of amides is 1. The van der Waals surface area contributed by atoms with Gasteiger partial charge in [0, 0.05) is 12.1 Å². The molecule has 1 fully saturated rings. The molecule has 0 unspecified atom stereocenters. The van der Waals surface area contributed by atoms with Crippen LogP contribution in [-0.2, 0) is 0 Å². The largest absolute Gasteiger partial charge is 0.337 e. The van der Waals surface area contributed by atoms with Gasteiger partial charge in [0.1, 0.15) is 10.9 Å². The highest BCUT2D eigenvalue weighted by Crippen LogP contribution is 2.33. The lowest BCUT2D eigenvalue weighted by molar-refractivity contribution is 0.0715. The Morgan fingerprint density at radius 2 is 2.17 bits per heavy atom. The molecule has 1 atom stereocenters. The van der Waals surface area contributed by atoms with Crippen molar-refractivity contribution in [3.8, 4) is 11.4 Å². The molecule has 0 bridgehead atoms. The molecule has 1 aromatic carbocycles. The van der Waals surface area contributed by atoms with Crippen LogP contribution in [0.5, 0.6) is 0 Å². The summed E-state index contributed by atoms with van der Waals surface area (Å²) in [6.45, 7) is 2.59. The zero-order valence-corrected chi connectivity index (χ0v) is 14.0. The van der Waals surface area contributed by atoms with Crippen LogP contribution in [0.1, 0.15) is 39.5 Å². The Bertz CT molecular complexity index is 858. The Morgan fingerprint density at radius 1 is 1.33 bits per heavy atom. The van der Waals surface area contributed by atoms with Gasteiger partial charge in [-0.25, -0.2) is 4.98 Å². The van der Waals surface area contributed by atoms with Crippen molar-refractivity contribution >= 4 is 17.2 Å². The van der Waals surface area contributed by atoms with Crippen LogP contribution in [0.25, 0.3) is 11.4 Å². The second kappa shape index (κ2) is 6.16. The Kier molecular flexibility index (Phi) is 3.86. The number of nitrogens with zero attached hydrogens (tertiary/aromatic N) is 4. The smallest absolute Gasteiger partial charge is 0.266 e. The predicted octanol–water partition coefficient (Wildman–Crippen LogP) is 3.48. The van der Waals surface area contributed by atoms with Gasteiger partial charge in [0.2, 0.25) is 11.7 Å². The lowest BCUT2D eigenvalue weighted by Crippen LogP contribution is -2.30. The van der Waals surface area contributed by atoms with E-state index in [4.69, 9.17) is 4.52 Å². The SMILES string of the molecule is Cc1ncc(C(=O)N2CCC[C@@H]2c2nc(-c3ccccc3)no2)s1. The molecule has 1 amide bonds. The molecule has 7 heteroatoms. The van der Waals surface area contributed by atoms with E-state index in [-0.39, 0.29) is 11.9 Å². The normalized spacial score (nSPS) is 17.4. The van der Waals surface area contributed by atoms with Crippen LogP contribution in [0.15, 0.2) is 41.1 Å². The predicted molar refractivity (Wildman–Crippen MR) is 89.6 cm³/mol. The molecule has 0 saturated carbocycles. The second-order valence-electron chi connectivity index (χ2n) is 5.72. The lowest BCUT2D eigenvalue weighted by atomic mass is 10.2. The number of benzene rings is 1. The monoisotopic (exact) mass is 340 g/mol. The van der Waals surface area contributed by atoms with Crippen LogP contribution in [0.3, 0.4) is 0 Å². The van der Waals surface area contributed by atoms with Gasteiger partial charge in [0.25, 0.3) is 5.91 Å². The van der Waals surface area contributed by atoms with E-state index in [1.54, 1.807) is 6.20 Å². The van der Waals surface area contributed by atoms with E-state index in [9.17, 15) is 4.79 Å². The fourth-order valence-corrected chi connectivity index (χ4v) is 3.68. The molecule has 1 aliphatic heterocycles. The Balaban J connectivity index is 1.59. The molecule has 6 nitrogen and oxygen atoms in total. The first-order valence-electron chi connectivity index (χ1n) is 7.85. The standard InChI is InChI=1S/C17H16N4O2S/c1-11-18-10-14(24-11)17(22)21-9-5-8-13(21)16-19-15(20-23-16)12-6-3-2-4-7-12/h2-4,6-7,10,13H,5,8-9H2,1H3/t13-/m1/s1. The van der Waals surface area contributed by atoms with Crippen LogP contribution in [0.4, 0.5) is 0 Å². The van der Waals surface area contributed by atoms with Crippen molar-refractivity contribution in [3.63, 3.8) is 0 Å². The molecule has 0 radical (unpaired) electrons. The molecule has 0 N–H and O–H groups in total. The number of rotatable bonds is 3. The maximum Gasteiger partial charge on any atom is 0.266 e. The van der Waals surface area contributed by atoms with Crippen molar-refractivity contribution in [2.24, 2.45) is 0 Å². The van der Waals surface area contributed by atoms with Crippen molar-refractivity contribution in [1.29, 1.82) is 0 Å². The Hall–Kier alpha value is -2.54. The lowest BCUT2D eigenvalue weighted by Gasteiger charge is -2.20. The van der Waals surface area contributed by atoms with Crippen LogP contribution in [-0.4, -0.2) is 32.5 Å². The van der Waals surface area contributed by atoms with E-state index >= 15 is 0 Å². The highest BCUT2D eigenvalue weighted by molar-refractivity contribution is 7.13. The zero-order valence-electron chi connectivity index (χ0n) is 13.2. The highest BCUT2D eigenvalue weighted by Gasteiger charge is 2.35. The summed E-state index contributed by atoms with van der Waals surface area (Å²) >= 11 is 1.41. The van der Waals surface area contributed by atoms with Gasteiger partial charge in [-0.2, -0.15) is 4.98 Å². The molecule has 3 aromatic rings. The first-order chi connectivity index (χ1) is 11.7. The third-order valence-electron chi connectivity index (χ3n) is 4.10. The van der Waals surface area contributed by atoms with Crippen molar-refractivity contribution in [3.05, 3.63) is 52.3 Å². The van der Waals surface area contributed by atoms with Crippen molar-refractivity contribution in [1.82, 2.24) is 20.0 Å². The van der Waals surface area contributed by atoms with E-state index in [0.29, 0.717) is 23.1 Å². The van der Waals surface area contributed by atoms with Crippen molar-refractivity contribution < 1.29 is 9.32 Å². The third-order valence-corrected chi connectivity index (χ3v) is 5.01. The van der Waals surface area contributed by atoms with E-state index in [1.807, 2.05) is 42.2 Å². The molecular formula is C17H16N4O2S. The summed E-state index contributed by atoms with van der Waals surface area (Å²) in [5, 5.41) is 4.96. The Morgan fingerprint density at radius 3 is 2.92 bits per heavy atom. The summed E-state index contributed by atoms with van der Waals surface area (Å²) in [5.41, 5.74) is 0.904. The molecule has 1 saturated heterocycles. The molecule has 1 aliphatic rings. The van der Waals surface area contributed by atoms with Crippen LogP contribution < -0.4 is 0 Å². The van der Waals surface area contributed by atoms with Crippen molar-refractivity contribution in [2.45, 2.75) is 25.8 Å². The molecule has 122 valence electrons. The maximum absolute atomic E-state index is 12.7. The number of thiazole rings is 1. The number of aromatic nitrogens is 3. The van der Waals surface area contributed by atoms with Gasteiger partial charge in [-0.3, -0.25) is 4.79 Å². The second-order valence-corrected chi connectivity index (χ2v) is 6.96. The summed E-state index contributed by atoms with van der Waals surface area (Å²) in [4.78, 5) is 23.9. The molecule has 0 spiro atoms. The molecule has 3 heterocycles. The molecule has 24 heavy (non-hydrogen) atoms. The van der Waals surface area contributed by atoms with Gasteiger partial charge in [-0.05, 0) is 19.8 Å². The third kappa shape index (κ3) is 2.71. The fourth-order valence-electron chi connectivity index (χ4n) is 2.94. The van der Waals surface area contributed by atoms with E-state index in [1.165, 1.54) is 11.3 Å². The number of hydrogen-bond acceptors (Lipinski definition) is 6. The average molecular weight is 340 g/mol. The minimum atomic E-state index is -0.162.